The number of fused-ring (bicyclic) bond motifs is 1. The second-order valence-corrected chi connectivity index (χ2v) is 9.56. The number of rotatable bonds is 5. The molecule has 9 heteroatoms. The van der Waals surface area contributed by atoms with Gasteiger partial charge in [0.1, 0.15) is 17.5 Å². The van der Waals surface area contributed by atoms with E-state index in [1.54, 1.807) is 31.1 Å². The van der Waals surface area contributed by atoms with E-state index >= 15 is 0 Å². The van der Waals surface area contributed by atoms with Crippen molar-refractivity contribution in [3.8, 4) is 17.7 Å². The maximum absolute atomic E-state index is 13.4. The lowest BCUT2D eigenvalue weighted by atomic mass is 10.00. The van der Waals surface area contributed by atoms with Gasteiger partial charge in [0.25, 0.3) is 5.91 Å². The summed E-state index contributed by atoms with van der Waals surface area (Å²) in [5, 5.41) is 12.5. The predicted molar refractivity (Wildman–Crippen MR) is 135 cm³/mol. The number of aromatic nitrogens is 1. The number of anilines is 1. The quantitative estimate of drug-likeness (QED) is 0.617. The van der Waals surface area contributed by atoms with Gasteiger partial charge in [0.05, 0.1) is 19.2 Å². The monoisotopic (exact) mass is 496 g/mol. The van der Waals surface area contributed by atoms with Gasteiger partial charge in [-0.2, -0.15) is 0 Å². The van der Waals surface area contributed by atoms with Gasteiger partial charge in [0, 0.05) is 44.3 Å². The molecule has 2 aliphatic rings. The van der Waals surface area contributed by atoms with Gasteiger partial charge in [-0.1, -0.05) is 18.8 Å². The molecule has 3 amide bonds. The van der Waals surface area contributed by atoms with Crippen LogP contribution >= 0.6 is 0 Å². The second kappa shape index (κ2) is 11.0. The lowest BCUT2D eigenvalue weighted by Gasteiger charge is -2.37. The van der Waals surface area contributed by atoms with Crippen molar-refractivity contribution in [1.29, 1.82) is 0 Å². The van der Waals surface area contributed by atoms with Crippen molar-refractivity contribution in [2.45, 2.75) is 38.8 Å². The third kappa shape index (κ3) is 6.13. The number of pyridine rings is 1. The van der Waals surface area contributed by atoms with Crippen LogP contribution in [-0.2, 0) is 0 Å². The highest BCUT2D eigenvalue weighted by atomic mass is 19.1. The van der Waals surface area contributed by atoms with E-state index < -0.39 is 12.1 Å². The maximum Gasteiger partial charge on any atom is 0.321 e. The number of benzene rings is 1. The molecule has 3 atom stereocenters. The van der Waals surface area contributed by atoms with Crippen LogP contribution in [0.15, 0.2) is 36.5 Å². The van der Waals surface area contributed by atoms with Crippen LogP contribution in [0.4, 0.5) is 14.9 Å². The van der Waals surface area contributed by atoms with E-state index in [4.69, 9.17) is 4.74 Å². The zero-order valence-corrected chi connectivity index (χ0v) is 20.7. The zero-order valence-electron chi connectivity index (χ0n) is 20.7. The van der Waals surface area contributed by atoms with Crippen LogP contribution in [0.25, 0.3) is 0 Å². The minimum absolute atomic E-state index is 0. The van der Waals surface area contributed by atoms with Gasteiger partial charge in [-0.25, -0.2) is 14.2 Å². The molecule has 1 aliphatic carbocycles. The molecule has 1 fully saturated rings. The molecule has 1 aromatic carbocycles. The zero-order chi connectivity index (χ0) is 25.8. The summed E-state index contributed by atoms with van der Waals surface area (Å²) in [6.07, 6.45) is 3.30. The Hall–Kier alpha value is -3.64. The Morgan fingerprint density at radius 3 is 2.78 bits per heavy atom. The van der Waals surface area contributed by atoms with Crippen LogP contribution in [-0.4, -0.2) is 70.7 Å². The topological polar surface area (TPSA) is 95.0 Å². The number of likely N-dealkylation sites (N-methyl/N-ethyl adjacent to an activating group) is 1. The molecule has 0 unspecified atom stereocenters. The molecular weight excluding hydrogens is 463 g/mol. The van der Waals surface area contributed by atoms with E-state index in [9.17, 15) is 19.1 Å². The van der Waals surface area contributed by atoms with Crippen molar-refractivity contribution in [2.75, 3.05) is 32.1 Å². The summed E-state index contributed by atoms with van der Waals surface area (Å²) in [7, 11) is 1.64. The average molecular weight is 497 g/mol. The molecule has 1 aliphatic heterocycles. The first-order valence-corrected chi connectivity index (χ1v) is 12.1. The predicted octanol–water partition coefficient (Wildman–Crippen LogP) is 3.61. The SMILES string of the molecule is C[C@H](CO)N1C[C@H](C)[C@H](CN(C)C(=O)Nc2ccc(F)cc2)Oc2ncc(C#CC3CC3)cc2C1=O.[HH]. The molecule has 0 radical (unpaired) electrons. The molecule has 0 saturated heterocycles. The molecular formula is C27H33FN4O4. The molecule has 192 valence electrons. The van der Waals surface area contributed by atoms with E-state index in [-0.39, 0.29) is 49.7 Å². The fourth-order valence-corrected chi connectivity index (χ4v) is 3.91. The van der Waals surface area contributed by atoms with Crippen LogP contribution in [0.2, 0.25) is 0 Å². The number of ether oxygens (including phenoxy) is 1. The van der Waals surface area contributed by atoms with Crippen molar-refractivity contribution in [3.05, 3.63) is 53.5 Å². The number of carbonyl (C=O) groups excluding carboxylic acids is 2. The fraction of sp³-hybridized carbons (Fsp3) is 0.444. The number of urea groups is 1. The summed E-state index contributed by atoms with van der Waals surface area (Å²) in [4.78, 5) is 33.7. The molecule has 2 N–H and O–H groups in total. The average Bonchev–Trinajstić information content (AvgIpc) is 3.70. The van der Waals surface area contributed by atoms with Crippen LogP contribution in [0.3, 0.4) is 0 Å². The number of carbonyl (C=O) groups is 2. The van der Waals surface area contributed by atoms with Crippen LogP contribution < -0.4 is 10.1 Å². The Balaban J connectivity index is 0.00000380. The molecule has 2 aromatic rings. The third-order valence-corrected chi connectivity index (χ3v) is 6.42. The number of nitrogens with zero attached hydrogens (tertiary/aromatic N) is 3. The molecule has 4 rings (SSSR count). The Kier molecular flexibility index (Phi) is 7.75. The summed E-state index contributed by atoms with van der Waals surface area (Å²) in [6.45, 7) is 4.08. The van der Waals surface area contributed by atoms with Crippen molar-refractivity contribution < 1.29 is 25.2 Å². The number of halogens is 1. The standard InChI is InChI=1S/C27H31FN4O4.H2/c1-17-14-32(18(2)16-33)26(34)23-12-20(7-6-19-4-5-19)13-29-25(23)36-24(17)15-31(3)27(35)30-22-10-8-21(28)9-11-22;/h8-13,17-19,24,33H,4-5,14-16H2,1-3H3,(H,30,35);1H/t17-,18+,24-;/m0./s1. The summed E-state index contributed by atoms with van der Waals surface area (Å²) in [5.74, 6) is 6.02. The van der Waals surface area contributed by atoms with Crippen molar-refractivity contribution in [3.63, 3.8) is 0 Å². The minimum Gasteiger partial charge on any atom is -0.472 e. The largest absolute Gasteiger partial charge is 0.472 e. The number of amides is 3. The van der Waals surface area contributed by atoms with E-state index in [1.807, 2.05) is 6.92 Å². The molecule has 0 spiro atoms. The number of aliphatic hydroxyl groups excluding tert-OH is 1. The Morgan fingerprint density at radius 1 is 1.39 bits per heavy atom. The maximum atomic E-state index is 13.4. The summed E-state index contributed by atoms with van der Waals surface area (Å²) < 4.78 is 19.4. The number of hydrogen-bond acceptors (Lipinski definition) is 5. The first kappa shape index (κ1) is 25.5. The highest BCUT2D eigenvalue weighted by molar-refractivity contribution is 5.97. The lowest BCUT2D eigenvalue weighted by Crippen LogP contribution is -2.50. The third-order valence-electron chi connectivity index (χ3n) is 6.42. The summed E-state index contributed by atoms with van der Waals surface area (Å²) >= 11 is 0. The molecule has 1 aromatic heterocycles. The van der Waals surface area contributed by atoms with E-state index in [0.29, 0.717) is 23.7 Å². The smallest absolute Gasteiger partial charge is 0.321 e. The minimum atomic E-state index is -0.481. The van der Waals surface area contributed by atoms with Crippen LogP contribution in [0.1, 0.15) is 44.0 Å². The highest BCUT2D eigenvalue weighted by Gasteiger charge is 2.34. The van der Waals surface area contributed by atoms with Gasteiger partial charge in [-0.3, -0.25) is 4.79 Å². The van der Waals surface area contributed by atoms with Gasteiger partial charge in [0.2, 0.25) is 5.88 Å². The number of hydrogen-bond donors (Lipinski definition) is 2. The van der Waals surface area contributed by atoms with E-state index in [1.165, 1.54) is 29.2 Å². The van der Waals surface area contributed by atoms with Gasteiger partial charge in [-0.15, -0.1) is 0 Å². The van der Waals surface area contributed by atoms with Crippen molar-refractivity contribution in [1.82, 2.24) is 14.8 Å². The Labute approximate surface area is 211 Å². The normalized spacial score (nSPS) is 20.1. The van der Waals surface area contributed by atoms with Gasteiger partial charge in [0.15, 0.2) is 0 Å². The van der Waals surface area contributed by atoms with Crippen LogP contribution in [0, 0.1) is 29.5 Å². The molecule has 8 nitrogen and oxygen atoms in total. The highest BCUT2D eigenvalue weighted by Crippen LogP contribution is 2.29. The van der Waals surface area contributed by atoms with Gasteiger partial charge in [-0.05, 0) is 50.1 Å². The van der Waals surface area contributed by atoms with Gasteiger partial charge < -0.3 is 25.0 Å². The summed E-state index contributed by atoms with van der Waals surface area (Å²) in [6, 6.07) is 6.42. The first-order valence-electron chi connectivity index (χ1n) is 12.1. The molecule has 1 saturated carbocycles. The number of aliphatic hydroxyl groups is 1. The fourth-order valence-electron chi connectivity index (χ4n) is 3.91. The van der Waals surface area contributed by atoms with E-state index in [0.717, 1.165) is 12.8 Å². The second-order valence-electron chi connectivity index (χ2n) is 9.56. The van der Waals surface area contributed by atoms with E-state index in [2.05, 4.69) is 22.1 Å². The Bertz CT molecular complexity index is 1180. The molecule has 2 heterocycles. The van der Waals surface area contributed by atoms with Crippen molar-refractivity contribution >= 4 is 17.6 Å². The molecule has 0 bridgehead atoms. The first-order chi connectivity index (χ1) is 17.2. The molecule has 36 heavy (non-hydrogen) atoms. The lowest BCUT2D eigenvalue weighted by molar-refractivity contribution is 0.0356. The summed E-state index contributed by atoms with van der Waals surface area (Å²) in [5.41, 5.74) is 1.39. The number of nitrogens with one attached hydrogen (secondary N) is 1. The van der Waals surface area contributed by atoms with Crippen LogP contribution in [0.5, 0.6) is 5.88 Å². The van der Waals surface area contributed by atoms with Crippen molar-refractivity contribution in [2.24, 2.45) is 11.8 Å². The van der Waals surface area contributed by atoms with Gasteiger partial charge >= 0.3 is 6.03 Å². The Morgan fingerprint density at radius 2 is 2.11 bits per heavy atom.